The van der Waals surface area contributed by atoms with Crippen molar-refractivity contribution < 1.29 is 9.47 Å². The van der Waals surface area contributed by atoms with E-state index in [0.717, 1.165) is 36.6 Å². The molecule has 0 atom stereocenters. The summed E-state index contributed by atoms with van der Waals surface area (Å²) in [5, 5.41) is 3.96. The Kier molecular flexibility index (Phi) is 5.90. The first-order chi connectivity index (χ1) is 10.2. The standard InChI is InChI=1S/C17H20ClNO2/c1-3-10-19-12-13-4-9-17(16(18)11-13)21-15-7-5-14(20-2)6-8-15/h4-9,11,19H,3,10,12H2,1-2H3. The summed E-state index contributed by atoms with van der Waals surface area (Å²) in [7, 11) is 1.64. The molecule has 0 aliphatic rings. The summed E-state index contributed by atoms with van der Waals surface area (Å²) in [6, 6.07) is 13.3. The van der Waals surface area contributed by atoms with Crippen LogP contribution in [0.3, 0.4) is 0 Å². The van der Waals surface area contributed by atoms with Crippen molar-refractivity contribution in [2.24, 2.45) is 0 Å². The lowest BCUT2D eigenvalue weighted by Crippen LogP contribution is -2.13. The summed E-state index contributed by atoms with van der Waals surface area (Å²) in [5.41, 5.74) is 1.15. The Hall–Kier alpha value is -1.71. The summed E-state index contributed by atoms with van der Waals surface area (Å²) in [6.07, 6.45) is 1.12. The van der Waals surface area contributed by atoms with Crippen LogP contribution in [-0.4, -0.2) is 13.7 Å². The molecule has 0 radical (unpaired) electrons. The minimum Gasteiger partial charge on any atom is -0.497 e. The molecule has 112 valence electrons. The summed E-state index contributed by atoms with van der Waals surface area (Å²) < 4.78 is 10.9. The van der Waals surface area contributed by atoms with Gasteiger partial charge in [-0.15, -0.1) is 0 Å². The van der Waals surface area contributed by atoms with Crippen molar-refractivity contribution in [3.05, 3.63) is 53.1 Å². The van der Waals surface area contributed by atoms with Crippen LogP contribution in [-0.2, 0) is 6.54 Å². The molecule has 0 aromatic heterocycles. The monoisotopic (exact) mass is 305 g/mol. The average Bonchev–Trinajstić information content (AvgIpc) is 2.51. The fraction of sp³-hybridized carbons (Fsp3) is 0.294. The Labute approximate surface area is 130 Å². The van der Waals surface area contributed by atoms with Gasteiger partial charge in [0.2, 0.25) is 0 Å². The van der Waals surface area contributed by atoms with Crippen LogP contribution in [0.25, 0.3) is 0 Å². The van der Waals surface area contributed by atoms with Gasteiger partial charge < -0.3 is 14.8 Å². The van der Waals surface area contributed by atoms with Crippen LogP contribution in [0.2, 0.25) is 5.02 Å². The molecule has 0 bridgehead atoms. The molecule has 0 spiro atoms. The fourth-order valence-corrected chi connectivity index (χ4v) is 2.16. The zero-order valence-electron chi connectivity index (χ0n) is 12.4. The van der Waals surface area contributed by atoms with Crippen molar-refractivity contribution in [1.82, 2.24) is 5.32 Å². The minimum atomic E-state index is 0.613. The maximum atomic E-state index is 6.27. The Balaban J connectivity index is 2.02. The van der Waals surface area contributed by atoms with Gasteiger partial charge in [0, 0.05) is 6.54 Å². The third kappa shape index (κ3) is 4.66. The highest BCUT2D eigenvalue weighted by atomic mass is 35.5. The summed E-state index contributed by atoms with van der Waals surface area (Å²) >= 11 is 6.27. The maximum absolute atomic E-state index is 6.27. The molecule has 0 unspecified atom stereocenters. The van der Waals surface area contributed by atoms with Gasteiger partial charge in [0.15, 0.2) is 0 Å². The van der Waals surface area contributed by atoms with E-state index >= 15 is 0 Å². The Morgan fingerprint density at radius 2 is 1.76 bits per heavy atom. The fourth-order valence-electron chi connectivity index (χ4n) is 1.92. The van der Waals surface area contributed by atoms with Crippen molar-refractivity contribution in [3.63, 3.8) is 0 Å². The number of hydrogen-bond donors (Lipinski definition) is 1. The van der Waals surface area contributed by atoms with Crippen LogP contribution < -0.4 is 14.8 Å². The van der Waals surface area contributed by atoms with Crippen LogP contribution in [0.15, 0.2) is 42.5 Å². The lowest BCUT2D eigenvalue weighted by Gasteiger charge is -2.10. The SMILES string of the molecule is CCCNCc1ccc(Oc2ccc(OC)cc2)c(Cl)c1. The van der Waals surface area contributed by atoms with E-state index in [4.69, 9.17) is 21.1 Å². The summed E-state index contributed by atoms with van der Waals surface area (Å²) in [5.74, 6) is 2.18. The van der Waals surface area contributed by atoms with Crippen LogP contribution in [0, 0.1) is 0 Å². The number of methoxy groups -OCH3 is 1. The quantitative estimate of drug-likeness (QED) is 0.756. The molecule has 2 rings (SSSR count). The number of rotatable bonds is 7. The molecule has 0 aliphatic carbocycles. The van der Waals surface area contributed by atoms with E-state index in [9.17, 15) is 0 Å². The van der Waals surface area contributed by atoms with Crippen molar-refractivity contribution in [2.45, 2.75) is 19.9 Å². The topological polar surface area (TPSA) is 30.5 Å². The first kappa shape index (κ1) is 15.7. The normalized spacial score (nSPS) is 10.4. The largest absolute Gasteiger partial charge is 0.497 e. The molecule has 1 N–H and O–H groups in total. The highest BCUT2D eigenvalue weighted by Gasteiger charge is 2.05. The van der Waals surface area contributed by atoms with Gasteiger partial charge in [-0.05, 0) is 54.9 Å². The molecule has 21 heavy (non-hydrogen) atoms. The second-order valence-corrected chi connectivity index (χ2v) is 5.13. The third-order valence-corrected chi connectivity index (χ3v) is 3.33. The second-order valence-electron chi connectivity index (χ2n) is 4.72. The predicted molar refractivity (Wildman–Crippen MR) is 86.5 cm³/mol. The van der Waals surface area contributed by atoms with E-state index in [-0.39, 0.29) is 0 Å². The van der Waals surface area contributed by atoms with Gasteiger partial charge in [-0.1, -0.05) is 24.6 Å². The summed E-state index contributed by atoms with van der Waals surface area (Å²) in [6.45, 7) is 3.96. The van der Waals surface area contributed by atoms with E-state index < -0.39 is 0 Å². The Bertz CT molecular complexity index is 570. The number of halogens is 1. The average molecular weight is 306 g/mol. The molecule has 0 saturated heterocycles. The molecule has 0 fully saturated rings. The predicted octanol–water partition coefficient (Wildman–Crippen LogP) is 4.64. The molecule has 0 heterocycles. The number of benzene rings is 2. The van der Waals surface area contributed by atoms with Crippen molar-refractivity contribution >= 4 is 11.6 Å². The maximum Gasteiger partial charge on any atom is 0.146 e. The molecular formula is C17H20ClNO2. The van der Waals surface area contributed by atoms with Crippen LogP contribution in [0.4, 0.5) is 0 Å². The van der Waals surface area contributed by atoms with E-state index in [1.165, 1.54) is 0 Å². The smallest absolute Gasteiger partial charge is 0.146 e. The molecule has 2 aromatic rings. The highest BCUT2D eigenvalue weighted by Crippen LogP contribution is 2.30. The summed E-state index contributed by atoms with van der Waals surface area (Å²) in [4.78, 5) is 0. The van der Waals surface area contributed by atoms with Gasteiger partial charge in [0.25, 0.3) is 0 Å². The van der Waals surface area contributed by atoms with E-state index in [1.807, 2.05) is 42.5 Å². The van der Waals surface area contributed by atoms with Gasteiger partial charge in [-0.25, -0.2) is 0 Å². The van der Waals surface area contributed by atoms with Gasteiger partial charge in [0.1, 0.15) is 17.2 Å². The van der Waals surface area contributed by atoms with Crippen LogP contribution in [0.5, 0.6) is 17.2 Å². The molecule has 0 amide bonds. The third-order valence-electron chi connectivity index (χ3n) is 3.04. The van der Waals surface area contributed by atoms with E-state index in [0.29, 0.717) is 10.8 Å². The lowest BCUT2D eigenvalue weighted by molar-refractivity contribution is 0.413. The molecule has 0 aliphatic heterocycles. The molecule has 0 saturated carbocycles. The Morgan fingerprint density at radius 3 is 2.38 bits per heavy atom. The highest BCUT2D eigenvalue weighted by molar-refractivity contribution is 6.32. The number of ether oxygens (including phenoxy) is 2. The van der Waals surface area contributed by atoms with Crippen LogP contribution >= 0.6 is 11.6 Å². The van der Waals surface area contributed by atoms with Crippen molar-refractivity contribution in [1.29, 1.82) is 0 Å². The minimum absolute atomic E-state index is 0.613. The zero-order valence-corrected chi connectivity index (χ0v) is 13.1. The molecule has 2 aromatic carbocycles. The second kappa shape index (κ2) is 7.91. The first-order valence-electron chi connectivity index (χ1n) is 7.04. The van der Waals surface area contributed by atoms with Gasteiger partial charge in [-0.3, -0.25) is 0 Å². The zero-order chi connectivity index (χ0) is 15.1. The van der Waals surface area contributed by atoms with Crippen molar-refractivity contribution in [2.75, 3.05) is 13.7 Å². The lowest BCUT2D eigenvalue weighted by atomic mass is 10.2. The van der Waals surface area contributed by atoms with E-state index in [2.05, 4.69) is 12.2 Å². The number of nitrogens with one attached hydrogen (secondary N) is 1. The molecular weight excluding hydrogens is 286 g/mol. The molecule has 3 nitrogen and oxygen atoms in total. The van der Waals surface area contributed by atoms with E-state index in [1.54, 1.807) is 7.11 Å². The van der Waals surface area contributed by atoms with Gasteiger partial charge in [0.05, 0.1) is 12.1 Å². The van der Waals surface area contributed by atoms with Gasteiger partial charge in [-0.2, -0.15) is 0 Å². The Morgan fingerprint density at radius 1 is 1.05 bits per heavy atom. The van der Waals surface area contributed by atoms with Crippen molar-refractivity contribution in [3.8, 4) is 17.2 Å². The first-order valence-corrected chi connectivity index (χ1v) is 7.41. The van der Waals surface area contributed by atoms with Crippen LogP contribution in [0.1, 0.15) is 18.9 Å². The van der Waals surface area contributed by atoms with Gasteiger partial charge >= 0.3 is 0 Å². The molecule has 4 heteroatoms. The number of hydrogen-bond acceptors (Lipinski definition) is 3.